The smallest absolute Gasteiger partial charge is 0.154 e. The van der Waals surface area contributed by atoms with Crippen LogP contribution in [0.3, 0.4) is 0 Å². The van der Waals surface area contributed by atoms with Crippen molar-refractivity contribution in [1.82, 2.24) is 4.90 Å². The summed E-state index contributed by atoms with van der Waals surface area (Å²) in [6, 6.07) is 0. The third kappa shape index (κ3) is 26.0. The molecule has 0 aromatic carbocycles. The number of aliphatic hydroxyl groups excluding tert-OH is 2. The van der Waals surface area contributed by atoms with Crippen LogP contribution in [0.25, 0.3) is 0 Å². The molecule has 0 fully saturated rings. The third-order valence-corrected chi connectivity index (χ3v) is 6.40. The number of unbranched alkanes of at least 4 members (excludes halogenated alkanes) is 14. The number of nitrogens with zero attached hydrogens (tertiary/aromatic N) is 1. The molecule has 0 aliphatic rings. The minimum atomic E-state index is -0.590. The van der Waals surface area contributed by atoms with Gasteiger partial charge >= 0.3 is 0 Å². The van der Waals surface area contributed by atoms with E-state index in [1.54, 1.807) is 6.92 Å². The lowest BCUT2D eigenvalue weighted by Crippen LogP contribution is -2.29. The van der Waals surface area contributed by atoms with Gasteiger partial charge in [0.1, 0.15) is 5.78 Å². The molecule has 5 heteroatoms. The van der Waals surface area contributed by atoms with E-state index in [1.807, 2.05) is 0 Å². The van der Waals surface area contributed by atoms with Crippen LogP contribution in [0.1, 0.15) is 136 Å². The summed E-state index contributed by atoms with van der Waals surface area (Å²) in [6.07, 6.45) is 21.3. The molecule has 0 aliphatic heterocycles. The second-order valence-electron chi connectivity index (χ2n) is 9.79. The summed E-state index contributed by atoms with van der Waals surface area (Å²) in [4.78, 5) is 13.3. The van der Waals surface area contributed by atoms with Gasteiger partial charge < -0.3 is 24.6 Å². The van der Waals surface area contributed by atoms with E-state index >= 15 is 0 Å². The van der Waals surface area contributed by atoms with Crippen molar-refractivity contribution >= 4 is 5.78 Å². The van der Waals surface area contributed by atoms with Crippen LogP contribution >= 0.6 is 0 Å². The molecule has 0 rings (SSSR count). The van der Waals surface area contributed by atoms with E-state index in [2.05, 4.69) is 11.8 Å². The summed E-state index contributed by atoms with van der Waals surface area (Å²) in [5.74, 6) is 0.299. The Morgan fingerprint density at radius 3 is 1.82 bits per heavy atom. The monoisotopic (exact) mass is 471 g/mol. The van der Waals surface area contributed by atoms with Gasteiger partial charge in [0.05, 0.1) is 6.61 Å². The molecule has 0 bridgehead atoms. The van der Waals surface area contributed by atoms with E-state index in [-0.39, 0.29) is 6.61 Å². The topological polar surface area (TPSA) is 70.0 Å². The Morgan fingerprint density at radius 2 is 1.24 bits per heavy atom. The second kappa shape index (κ2) is 26.1. The largest absolute Gasteiger partial charge is 0.395 e. The van der Waals surface area contributed by atoms with Gasteiger partial charge in [0.15, 0.2) is 6.29 Å². The van der Waals surface area contributed by atoms with Crippen molar-refractivity contribution in [1.29, 1.82) is 0 Å². The van der Waals surface area contributed by atoms with Crippen LogP contribution in [0.2, 0.25) is 0 Å². The molecule has 0 aliphatic carbocycles. The van der Waals surface area contributed by atoms with E-state index in [4.69, 9.17) is 4.74 Å². The lowest BCUT2D eigenvalue weighted by atomic mass is 10.1. The van der Waals surface area contributed by atoms with E-state index in [0.717, 1.165) is 64.6 Å². The fourth-order valence-corrected chi connectivity index (χ4v) is 4.26. The van der Waals surface area contributed by atoms with Gasteiger partial charge in [0, 0.05) is 19.6 Å². The standard InChI is InChI=1S/C28H57NO4/c1-3-4-5-6-7-14-19-26-33-28(32)21-16-11-9-13-18-23-29(24-25-30)22-17-12-8-10-15-20-27(2)31/h28,30,32H,3-26H2,1-2H3. The Hall–Kier alpha value is -0.490. The quantitative estimate of drug-likeness (QED) is 0.104. The molecule has 0 saturated carbocycles. The van der Waals surface area contributed by atoms with Crippen molar-refractivity contribution in [3.63, 3.8) is 0 Å². The lowest BCUT2D eigenvalue weighted by Gasteiger charge is -2.21. The number of rotatable bonds is 27. The molecular formula is C28H57NO4. The minimum Gasteiger partial charge on any atom is -0.395 e. The van der Waals surface area contributed by atoms with Gasteiger partial charge in [-0.2, -0.15) is 0 Å². The molecular weight excluding hydrogens is 414 g/mol. The van der Waals surface area contributed by atoms with Gasteiger partial charge in [0.25, 0.3) is 0 Å². The molecule has 198 valence electrons. The van der Waals surface area contributed by atoms with Crippen LogP contribution in [0.5, 0.6) is 0 Å². The van der Waals surface area contributed by atoms with Crippen LogP contribution in [-0.2, 0) is 9.53 Å². The summed E-state index contributed by atoms with van der Waals surface area (Å²) in [5, 5.41) is 19.3. The zero-order chi connectivity index (χ0) is 24.4. The Kier molecular flexibility index (Phi) is 25.7. The number of carbonyl (C=O) groups excluding carboxylic acids is 1. The summed E-state index contributed by atoms with van der Waals surface area (Å²) in [6.45, 7) is 7.73. The molecule has 0 spiro atoms. The van der Waals surface area contributed by atoms with Crippen molar-refractivity contribution < 1.29 is 19.7 Å². The molecule has 0 aromatic heterocycles. The highest BCUT2D eigenvalue weighted by Gasteiger charge is 2.06. The molecule has 1 unspecified atom stereocenters. The predicted molar refractivity (Wildman–Crippen MR) is 140 cm³/mol. The van der Waals surface area contributed by atoms with Crippen LogP contribution in [0, 0.1) is 0 Å². The predicted octanol–water partition coefficient (Wildman–Crippen LogP) is 6.64. The van der Waals surface area contributed by atoms with Crippen molar-refractivity contribution in [2.45, 2.75) is 142 Å². The number of ketones is 1. The van der Waals surface area contributed by atoms with Crippen LogP contribution in [0.4, 0.5) is 0 Å². The zero-order valence-corrected chi connectivity index (χ0v) is 22.2. The lowest BCUT2D eigenvalue weighted by molar-refractivity contribution is -0.117. The SMILES string of the molecule is CCCCCCCCCOC(O)CCCCCCCN(CCO)CCCCCCCC(C)=O. The number of aliphatic hydroxyl groups is 2. The maximum atomic E-state index is 10.9. The first-order valence-corrected chi connectivity index (χ1v) is 14.2. The Bertz CT molecular complexity index is 405. The number of Topliss-reactive ketones (excluding diaryl/α,β-unsaturated/α-hetero) is 1. The van der Waals surface area contributed by atoms with Gasteiger partial charge in [-0.25, -0.2) is 0 Å². The van der Waals surface area contributed by atoms with E-state index < -0.39 is 6.29 Å². The fourth-order valence-electron chi connectivity index (χ4n) is 4.26. The molecule has 1 atom stereocenters. The number of hydrogen-bond donors (Lipinski definition) is 2. The second-order valence-corrected chi connectivity index (χ2v) is 9.79. The fraction of sp³-hybridized carbons (Fsp3) is 0.964. The highest BCUT2D eigenvalue weighted by molar-refractivity contribution is 5.75. The van der Waals surface area contributed by atoms with Crippen molar-refractivity contribution in [3.05, 3.63) is 0 Å². The highest BCUT2D eigenvalue weighted by Crippen LogP contribution is 2.12. The first-order chi connectivity index (χ1) is 16.1. The van der Waals surface area contributed by atoms with E-state index in [1.165, 1.54) is 77.0 Å². The molecule has 2 N–H and O–H groups in total. The highest BCUT2D eigenvalue weighted by atomic mass is 16.6. The van der Waals surface area contributed by atoms with Gasteiger partial charge in [-0.05, 0) is 58.5 Å². The van der Waals surface area contributed by atoms with Gasteiger partial charge in [-0.15, -0.1) is 0 Å². The van der Waals surface area contributed by atoms with Gasteiger partial charge in [-0.3, -0.25) is 0 Å². The summed E-state index contributed by atoms with van der Waals surface area (Å²) in [7, 11) is 0. The maximum Gasteiger partial charge on any atom is 0.154 e. The van der Waals surface area contributed by atoms with Crippen molar-refractivity contribution in [3.8, 4) is 0 Å². The van der Waals surface area contributed by atoms with E-state index in [9.17, 15) is 15.0 Å². The normalized spacial score (nSPS) is 12.5. The first-order valence-electron chi connectivity index (χ1n) is 14.2. The molecule has 33 heavy (non-hydrogen) atoms. The van der Waals surface area contributed by atoms with Crippen LogP contribution in [-0.4, -0.2) is 60.0 Å². The zero-order valence-electron chi connectivity index (χ0n) is 22.2. The van der Waals surface area contributed by atoms with Crippen LogP contribution < -0.4 is 0 Å². The summed E-state index contributed by atoms with van der Waals surface area (Å²) >= 11 is 0. The minimum absolute atomic E-state index is 0.232. The third-order valence-electron chi connectivity index (χ3n) is 6.40. The molecule has 0 saturated heterocycles. The average Bonchev–Trinajstić information content (AvgIpc) is 2.79. The Morgan fingerprint density at radius 1 is 0.727 bits per heavy atom. The Labute approximate surface area is 205 Å². The van der Waals surface area contributed by atoms with Crippen molar-refractivity contribution in [2.75, 3.05) is 32.8 Å². The maximum absolute atomic E-state index is 10.9. The molecule has 0 heterocycles. The average molecular weight is 472 g/mol. The molecule has 0 amide bonds. The number of ether oxygens (including phenoxy) is 1. The van der Waals surface area contributed by atoms with Crippen LogP contribution in [0.15, 0.2) is 0 Å². The van der Waals surface area contributed by atoms with Gasteiger partial charge in [0.2, 0.25) is 0 Å². The summed E-state index contributed by atoms with van der Waals surface area (Å²) in [5.41, 5.74) is 0. The molecule has 0 aromatic rings. The molecule has 5 nitrogen and oxygen atoms in total. The summed E-state index contributed by atoms with van der Waals surface area (Å²) < 4.78 is 5.54. The van der Waals surface area contributed by atoms with Crippen molar-refractivity contribution in [2.24, 2.45) is 0 Å². The number of carbonyl (C=O) groups is 1. The first kappa shape index (κ1) is 32.5. The molecule has 0 radical (unpaired) electrons. The van der Waals surface area contributed by atoms with E-state index in [0.29, 0.717) is 12.4 Å². The number of hydrogen-bond acceptors (Lipinski definition) is 5. The Balaban J connectivity index is 3.49. The van der Waals surface area contributed by atoms with Gasteiger partial charge in [-0.1, -0.05) is 84.0 Å².